The number of carbonyl (C=O) groups is 1. The number of carbonyl (C=O) groups excluding carboxylic acids is 1. The van der Waals surface area contributed by atoms with E-state index in [1.165, 1.54) is 0 Å². The lowest BCUT2D eigenvalue weighted by atomic mass is 10.1. The van der Waals surface area contributed by atoms with Gasteiger partial charge in [0.25, 0.3) is 5.91 Å². The minimum atomic E-state index is -0.208. The Hall–Kier alpha value is -2.08. The van der Waals surface area contributed by atoms with E-state index in [9.17, 15) is 4.79 Å². The van der Waals surface area contributed by atoms with Crippen LogP contribution in [0.5, 0.6) is 5.75 Å². The van der Waals surface area contributed by atoms with Crippen LogP contribution < -0.4 is 10.1 Å². The molecule has 0 bridgehead atoms. The minimum absolute atomic E-state index is 0.0595. The number of thiazole rings is 1. The molecule has 1 aromatic heterocycles. The van der Waals surface area contributed by atoms with Crippen LogP contribution in [0, 0.1) is 6.92 Å². The zero-order valence-corrected chi connectivity index (χ0v) is 16.3. The summed E-state index contributed by atoms with van der Waals surface area (Å²) in [5, 5.41) is 4.97. The molecule has 0 spiro atoms. The zero-order chi connectivity index (χ0) is 18.5. The van der Waals surface area contributed by atoms with Crippen LogP contribution in [0.2, 0.25) is 10.0 Å². The van der Waals surface area contributed by atoms with Gasteiger partial charge in [0.05, 0.1) is 12.2 Å². The molecule has 0 aliphatic carbocycles. The molecule has 4 nitrogen and oxygen atoms in total. The van der Waals surface area contributed by atoms with Crippen molar-refractivity contribution in [3.63, 3.8) is 0 Å². The van der Waals surface area contributed by atoms with Crippen molar-refractivity contribution >= 4 is 40.4 Å². The highest BCUT2D eigenvalue weighted by Crippen LogP contribution is 2.28. The maximum Gasteiger partial charge on any atom is 0.258 e. The van der Waals surface area contributed by atoms with Crippen LogP contribution in [-0.2, 0) is 11.3 Å². The van der Waals surface area contributed by atoms with E-state index in [-0.39, 0.29) is 12.5 Å². The number of aromatic nitrogens is 1. The number of aryl methyl sites for hydroxylation is 1. The maximum atomic E-state index is 12.0. The van der Waals surface area contributed by atoms with E-state index in [0.717, 1.165) is 21.1 Å². The van der Waals surface area contributed by atoms with E-state index in [0.29, 0.717) is 22.3 Å². The Morgan fingerprint density at radius 2 is 1.69 bits per heavy atom. The van der Waals surface area contributed by atoms with Crippen molar-refractivity contribution in [1.82, 2.24) is 10.3 Å². The molecule has 0 unspecified atom stereocenters. The SMILES string of the molecule is Cc1sc(CNC(=O)COc2ccc(Cl)cc2)nc1-c1ccc(Cl)cc1. The molecule has 3 aromatic rings. The molecule has 1 N–H and O–H groups in total. The molecule has 1 heterocycles. The van der Waals surface area contributed by atoms with Crippen molar-refractivity contribution in [2.75, 3.05) is 6.61 Å². The molecule has 3 rings (SSSR count). The van der Waals surface area contributed by atoms with Crippen molar-refractivity contribution < 1.29 is 9.53 Å². The lowest BCUT2D eigenvalue weighted by Crippen LogP contribution is -2.28. The van der Waals surface area contributed by atoms with Crippen LogP contribution in [0.3, 0.4) is 0 Å². The number of ether oxygens (including phenoxy) is 1. The van der Waals surface area contributed by atoms with E-state index < -0.39 is 0 Å². The molecule has 0 saturated carbocycles. The number of nitrogens with one attached hydrogen (secondary N) is 1. The predicted octanol–water partition coefficient (Wildman–Crippen LogP) is 5.12. The largest absolute Gasteiger partial charge is 0.484 e. The molecule has 0 aliphatic rings. The van der Waals surface area contributed by atoms with Gasteiger partial charge in [0.1, 0.15) is 10.8 Å². The monoisotopic (exact) mass is 406 g/mol. The first kappa shape index (κ1) is 18.7. The summed E-state index contributed by atoms with van der Waals surface area (Å²) < 4.78 is 5.42. The Morgan fingerprint density at radius 3 is 2.35 bits per heavy atom. The Balaban J connectivity index is 1.54. The van der Waals surface area contributed by atoms with Crippen molar-refractivity contribution in [3.8, 4) is 17.0 Å². The number of hydrogen-bond donors (Lipinski definition) is 1. The Labute approximate surface area is 165 Å². The van der Waals surface area contributed by atoms with E-state index in [2.05, 4.69) is 10.3 Å². The van der Waals surface area contributed by atoms with E-state index in [4.69, 9.17) is 27.9 Å². The van der Waals surface area contributed by atoms with E-state index >= 15 is 0 Å². The third-order valence-corrected chi connectivity index (χ3v) is 5.05. The van der Waals surface area contributed by atoms with E-state index in [1.54, 1.807) is 35.6 Å². The van der Waals surface area contributed by atoms with Crippen molar-refractivity contribution in [2.24, 2.45) is 0 Å². The quantitative estimate of drug-likeness (QED) is 0.617. The number of nitrogens with zero attached hydrogens (tertiary/aromatic N) is 1. The molecule has 1 amide bonds. The lowest BCUT2D eigenvalue weighted by molar-refractivity contribution is -0.123. The number of halogens is 2. The van der Waals surface area contributed by atoms with Gasteiger partial charge in [-0.25, -0.2) is 4.98 Å². The highest BCUT2D eigenvalue weighted by Gasteiger charge is 2.11. The number of rotatable bonds is 6. The van der Waals surface area contributed by atoms with Gasteiger partial charge in [-0.3, -0.25) is 4.79 Å². The first-order valence-electron chi connectivity index (χ1n) is 7.88. The minimum Gasteiger partial charge on any atom is -0.484 e. The van der Waals surface area contributed by atoms with Gasteiger partial charge < -0.3 is 10.1 Å². The maximum absolute atomic E-state index is 12.0. The molecule has 7 heteroatoms. The fourth-order valence-electron chi connectivity index (χ4n) is 2.31. The van der Waals surface area contributed by atoms with Crippen LogP contribution in [0.4, 0.5) is 0 Å². The number of benzene rings is 2. The van der Waals surface area contributed by atoms with Gasteiger partial charge in [-0.05, 0) is 43.3 Å². The summed E-state index contributed by atoms with van der Waals surface area (Å²) >= 11 is 13.3. The summed E-state index contributed by atoms with van der Waals surface area (Å²) in [4.78, 5) is 17.7. The second-order valence-corrected chi connectivity index (χ2v) is 7.70. The fourth-order valence-corrected chi connectivity index (χ4v) is 3.45. The molecule has 0 aliphatic heterocycles. The fraction of sp³-hybridized carbons (Fsp3) is 0.158. The van der Waals surface area contributed by atoms with Crippen LogP contribution >= 0.6 is 34.5 Å². The normalized spacial score (nSPS) is 10.6. The average molecular weight is 407 g/mol. The van der Waals surface area contributed by atoms with Gasteiger partial charge in [-0.1, -0.05) is 35.3 Å². The summed E-state index contributed by atoms with van der Waals surface area (Å²) in [5.74, 6) is 0.389. The van der Waals surface area contributed by atoms with Crippen molar-refractivity contribution in [1.29, 1.82) is 0 Å². The van der Waals surface area contributed by atoms with Crippen LogP contribution in [0.1, 0.15) is 9.88 Å². The Morgan fingerprint density at radius 1 is 1.08 bits per heavy atom. The van der Waals surface area contributed by atoms with Gasteiger partial charge >= 0.3 is 0 Å². The first-order chi connectivity index (χ1) is 12.5. The van der Waals surface area contributed by atoms with Crippen LogP contribution in [-0.4, -0.2) is 17.5 Å². The Bertz CT molecular complexity index is 893. The number of hydrogen-bond acceptors (Lipinski definition) is 4. The molecule has 0 atom stereocenters. The Kier molecular flexibility index (Phi) is 6.14. The first-order valence-corrected chi connectivity index (χ1v) is 9.46. The second kappa shape index (κ2) is 8.54. The topological polar surface area (TPSA) is 51.2 Å². The molecule has 0 fully saturated rings. The van der Waals surface area contributed by atoms with Crippen LogP contribution in [0.25, 0.3) is 11.3 Å². The zero-order valence-electron chi connectivity index (χ0n) is 14.0. The summed E-state index contributed by atoms with van der Waals surface area (Å²) in [7, 11) is 0. The molecular weight excluding hydrogens is 391 g/mol. The molecule has 0 radical (unpaired) electrons. The summed E-state index contributed by atoms with van der Waals surface area (Å²) in [6.45, 7) is 2.31. The van der Waals surface area contributed by atoms with Crippen molar-refractivity contribution in [3.05, 3.63) is 68.5 Å². The summed E-state index contributed by atoms with van der Waals surface area (Å²) in [5.41, 5.74) is 1.92. The predicted molar refractivity (Wildman–Crippen MR) is 106 cm³/mol. The van der Waals surface area contributed by atoms with Crippen molar-refractivity contribution in [2.45, 2.75) is 13.5 Å². The third kappa shape index (κ3) is 4.97. The second-order valence-electron chi connectivity index (χ2n) is 5.54. The average Bonchev–Trinajstić information content (AvgIpc) is 3.01. The summed E-state index contributed by atoms with van der Waals surface area (Å²) in [6, 6.07) is 14.4. The highest BCUT2D eigenvalue weighted by molar-refractivity contribution is 7.12. The van der Waals surface area contributed by atoms with E-state index in [1.807, 2.05) is 31.2 Å². The highest BCUT2D eigenvalue weighted by atomic mass is 35.5. The van der Waals surface area contributed by atoms with Crippen LogP contribution in [0.15, 0.2) is 48.5 Å². The number of amides is 1. The van der Waals surface area contributed by atoms with Gasteiger partial charge in [0, 0.05) is 20.5 Å². The molecule has 2 aromatic carbocycles. The molecular formula is C19H16Cl2N2O2S. The smallest absolute Gasteiger partial charge is 0.258 e. The third-order valence-electron chi connectivity index (χ3n) is 3.58. The van der Waals surface area contributed by atoms with Gasteiger partial charge in [0.2, 0.25) is 0 Å². The standard InChI is InChI=1S/C19H16Cl2N2O2S/c1-12-19(13-2-4-14(20)5-3-13)23-18(26-12)10-22-17(24)11-25-16-8-6-15(21)7-9-16/h2-9H,10-11H2,1H3,(H,22,24). The lowest BCUT2D eigenvalue weighted by Gasteiger charge is -2.06. The van der Waals surface area contributed by atoms with Gasteiger partial charge in [-0.15, -0.1) is 11.3 Å². The molecule has 134 valence electrons. The van der Waals surface area contributed by atoms with Gasteiger partial charge in [0.15, 0.2) is 6.61 Å². The van der Waals surface area contributed by atoms with Gasteiger partial charge in [-0.2, -0.15) is 0 Å². The molecule has 0 saturated heterocycles. The summed E-state index contributed by atoms with van der Waals surface area (Å²) in [6.07, 6.45) is 0. The molecule has 26 heavy (non-hydrogen) atoms.